The number of hydrogen-bond acceptors (Lipinski definition) is 6. The number of nitrogen functional groups attached to an aromatic ring is 2. The highest BCUT2D eigenvalue weighted by atomic mass is 35.7. The molecule has 0 heterocycles. The van der Waals surface area contributed by atoms with E-state index in [0.29, 0.717) is 0 Å². The third kappa shape index (κ3) is 1.90. The van der Waals surface area contributed by atoms with E-state index in [4.69, 9.17) is 22.1 Å². The summed E-state index contributed by atoms with van der Waals surface area (Å²) in [6.45, 7) is 0. The summed E-state index contributed by atoms with van der Waals surface area (Å²) in [5.74, 6) is -1.04. The van der Waals surface area contributed by atoms with Crippen LogP contribution in [0.1, 0.15) is 31.8 Å². The zero-order valence-corrected chi connectivity index (χ0v) is 12.5. The number of ketones is 2. The Hall–Kier alpha value is -2.38. The Morgan fingerprint density at radius 2 is 1.41 bits per heavy atom. The van der Waals surface area contributed by atoms with Gasteiger partial charge in [0.1, 0.15) is 4.90 Å². The maximum atomic E-state index is 12.6. The van der Waals surface area contributed by atoms with Crippen LogP contribution in [0.5, 0.6) is 0 Å². The van der Waals surface area contributed by atoms with Crippen LogP contribution >= 0.6 is 10.7 Å². The van der Waals surface area contributed by atoms with Crippen LogP contribution in [0.2, 0.25) is 0 Å². The molecule has 0 aliphatic heterocycles. The van der Waals surface area contributed by atoms with Crippen LogP contribution in [-0.2, 0) is 9.05 Å². The van der Waals surface area contributed by atoms with Crippen molar-refractivity contribution in [1.29, 1.82) is 0 Å². The average Bonchev–Trinajstić information content (AvgIpc) is 2.45. The summed E-state index contributed by atoms with van der Waals surface area (Å²) < 4.78 is 23.1. The van der Waals surface area contributed by atoms with E-state index in [9.17, 15) is 18.0 Å². The number of halogens is 1. The molecule has 8 heteroatoms. The van der Waals surface area contributed by atoms with Gasteiger partial charge in [-0.25, -0.2) is 8.42 Å². The first-order chi connectivity index (χ1) is 10.2. The molecule has 0 fully saturated rings. The maximum absolute atomic E-state index is 12.6. The Balaban J connectivity index is 2.44. The van der Waals surface area contributed by atoms with E-state index in [1.807, 2.05) is 0 Å². The molecular formula is C14H9ClN2O4S. The van der Waals surface area contributed by atoms with Crippen molar-refractivity contribution in [3.63, 3.8) is 0 Å². The molecular weight excluding hydrogens is 328 g/mol. The van der Waals surface area contributed by atoms with Crippen molar-refractivity contribution < 1.29 is 18.0 Å². The lowest BCUT2D eigenvalue weighted by atomic mass is 9.82. The molecule has 0 amide bonds. The highest BCUT2D eigenvalue weighted by Gasteiger charge is 2.35. The minimum absolute atomic E-state index is 0.0923. The van der Waals surface area contributed by atoms with E-state index < -0.39 is 25.5 Å². The van der Waals surface area contributed by atoms with E-state index in [1.54, 1.807) is 12.1 Å². The number of carbonyl (C=O) groups is 2. The second-order valence-corrected chi connectivity index (χ2v) is 7.30. The number of fused-ring (bicyclic) bond motifs is 2. The van der Waals surface area contributed by atoms with Crippen molar-refractivity contribution in [2.75, 3.05) is 11.5 Å². The van der Waals surface area contributed by atoms with Gasteiger partial charge in [0.2, 0.25) is 0 Å². The molecule has 0 aromatic heterocycles. The van der Waals surface area contributed by atoms with Gasteiger partial charge in [0.25, 0.3) is 9.05 Å². The lowest BCUT2D eigenvalue weighted by molar-refractivity contribution is 0.0980. The van der Waals surface area contributed by atoms with Gasteiger partial charge in [-0.15, -0.1) is 0 Å². The van der Waals surface area contributed by atoms with Crippen LogP contribution in [0, 0.1) is 0 Å². The SMILES string of the molecule is Nc1cc(S(=O)(=O)Cl)c(N)c2c1C(=O)c1ccccc1C2=O. The molecule has 0 spiro atoms. The summed E-state index contributed by atoms with van der Waals surface area (Å²) in [6, 6.07) is 7.18. The second-order valence-electron chi connectivity index (χ2n) is 4.77. The summed E-state index contributed by atoms with van der Waals surface area (Å²) in [5.41, 5.74) is 11.1. The van der Waals surface area contributed by atoms with E-state index in [2.05, 4.69) is 0 Å². The first kappa shape index (κ1) is 14.6. The monoisotopic (exact) mass is 336 g/mol. The minimum Gasteiger partial charge on any atom is -0.398 e. The van der Waals surface area contributed by atoms with Gasteiger partial charge in [-0.1, -0.05) is 24.3 Å². The van der Waals surface area contributed by atoms with Gasteiger partial charge in [0.05, 0.1) is 16.8 Å². The first-order valence-corrected chi connectivity index (χ1v) is 8.39. The maximum Gasteiger partial charge on any atom is 0.263 e. The van der Waals surface area contributed by atoms with E-state index in [-0.39, 0.29) is 33.6 Å². The summed E-state index contributed by atoms with van der Waals surface area (Å²) >= 11 is 0. The Morgan fingerprint density at radius 1 is 0.909 bits per heavy atom. The second kappa shape index (κ2) is 4.56. The first-order valence-electron chi connectivity index (χ1n) is 6.08. The van der Waals surface area contributed by atoms with Crippen molar-refractivity contribution >= 4 is 42.7 Å². The summed E-state index contributed by atoms with van der Waals surface area (Å²) in [4.78, 5) is 24.6. The van der Waals surface area contributed by atoms with Crippen LogP contribution < -0.4 is 11.5 Å². The molecule has 0 radical (unpaired) electrons. The number of carbonyl (C=O) groups excluding carboxylic acids is 2. The largest absolute Gasteiger partial charge is 0.398 e. The fourth-order valence-electron chi connectivity index (χ4n) is 2.52. The van der Waals surface area contributed by atoms with Crippen LogP contribution in [0.15, 0.2) is 35.2 Å². The fourth-order valence-corrected chi connectivity index (χ4v) is 3.54. The van der Waals surface area contributed by atoms with Gasteiger partial charge in [-0.05, 0) is 6.07 Å². The quantitative estimate of drug-likeness (QED) is 0.514. The van der Waals surface area contributed by atoms with E-state index in [1.165, 1.54) is 12.1 Å². The van der Waals surface area contributed by atoms with Crippen LogP contribution in [0.4, 0.5) is 11.4 Å². The van der Waals surface area contributed by atoms with Crippen LogP contribution in [-0.4, -0.2) is 20.0 Å². The van der Waals surface area contributed by atoms with E-state index in [0.717, 1.165) is 6.07 Å². The number of anilines is 2. The summed E-state index contributed by atoms with van der Waals surface area (Å²) in [6.07, 6.45) is 0. The normalized spacial score (nSPS) is 13.7. The Labute approximate surface area is 130 Å². The molecule has 22 heavy (non-hydrogen) atoms. The molecule has 6 nitrogen and oxygen atoms in total. The van der Waals surface area contributed by atoms with Crippen molar-refractivity contribution in [2.45, 2.75) is 4.90 Å². The lowest BCUT2D eigenvalue weighted by Crippen LogP contribution is -2.24. The zero-order chi connectivity index (χ0) is 16.2. The number of benzene rings is 2. The van der Waals surface area contributed by atoms with Crippen molar-refractivity contribution in [3.8, 4) is 0 Å². The van der Waals surface area contributed by atoms with Crippen molar-refractivity contribution in [1.82, 2.24) is 0 Å². The topological polar surface area (TPSA) is 120 Å². The van der Waals surface area contributed by atoms with Crippen LogP contribution in [0.3, 0.4) is 0 Å². The van der Waals surface area contributed by atoms with Gasteiger partial charge < -0.3 is 11.5 Å². The van der Waals surface area contributed by atoms with Crippen molar-refractivity contribution in [2.24, 2.45) is 0 Å². The Morgan fingerprint density at radius 3 is 1.91 bits per heavy atom. The molecule has 1 aliphatic carbocycles. The predicted molar refractivity (Wildman–Crippen MR) is 81.6 cm³/mol. The lowest BCUT2D eigenvalue weighted by Gasteiger charge is -2.21. The molecule has 1 aliphatic rings. The summed E-state index contributed by atoms with van der Waals surface area (Å²) in [7, 11) is 1.10. The van der Waals surface area contributed by atoms with Gasteiger partial charge in [-0.3, -0.25) is 9.59 Å². The highest BCUT2D eigenvalue weighted by Crippen LogP contribution is 2.38. The Bertz CT molecular complexity index is 967. The molecule has 0 bridgehead atoms. The predicted octanol–water partition coefficient (Wildman–Crippen LogP) is 1.55. The van der Waals surface area contributed by atoms with Gasteiger partial charge in [0, 0.05) is 27.5 Å². The standard InChI is InChI=1S/C14H9ClN2O4S/c15-22(20,21)9-5-8(16)10-11(12(9)17)14(19)7-4-2-1-3-6(7)13(10)18/h1-5H,16-17H2. The molecule has 0 atom stereocenters. The molecule has 2 aromatic rings. The van der Waals surface area contributed by atoms with Crippen molar-refractivity contribution in [3.05, 3.63) is 52.6 Å². The Kier molecular flexibility index (Phi) is 3.01. The molecule has 4 N–H and O–H groups in total. The highest BCUT2D eigenvalue weighted by molar-refractivity contribution is 8.13. The average molecular weight is 337 g/mol. The smallest absolute Gasteiger partial charge is 0.263 e. The molecule has 0 saturated heterocycles. The molecule has 3 rings (SSSR count). The fraction of sp³-hybridized carbons (Fsp3) is 0. The summed E-state index contributed by atoms with van der Waals surface area (Å²) in [5, 5.41) is 0. The number of rotatable bonds is 1. The minimum atomic E-state index is -4.20. The van der Waals surface area contributed by atoms with Gasteiger partial charge >= 0.3 is 0 Å². The molecule has 0 saturated carbocycles. The number of hydrogen-bond donors (Lipinski definition) is 2. The zero-order valence-electron chi connectivity index (χ0n) is 11.0. The molecule has 2 aromatic carbocycles. The number of nitrogens with two attached hydrogens (primary N) is 2. The van der Waals surface area contributed by atoms with E-state index >= 15 is 0 Å². The van der Waals surface area contributed by atoms with Gasteiger partial charge in [-0.2, -0.15) is 0 Å². The molecule has 0 unspecified atom stereocenters. The third-order valence-corrected chi connectivity index (χ3v) is 4.86. The third-order valence-electron chi connectivity index (χ3n) is 3.49. The van der Waals surface area contributed by atoms with Gasteiger partial charge in [0.15, 0.2) is 11.6 Å². The molecule has 112 valence electrons. The van der Waals surface area contributed by atoms with Crippen LogP contribution in [0.25, 0.3) is 0 Å².